The first-order valence-corrected chi connectivity index (χ1v) is 7.72. The van der Waals surface area contributed by atoms with E-state index in [1.807, 2.05) is 37.3 Å². The van der Waals surface area contributed by atoms with Crippen molar-refractivity contribution in [2.24, 2.45) is 5.16 Å². The Morgan fingerprint density at radius 1 is 0.957 bits per heavy atom. The van der Waals surface area contributed by atoms with E-state index in [0.29, 0.717) is 11.1 Å². The fourth-order valence-corrected chi connectivity index (χ4v) is 2.63. The average molecular weight is 307 g/mol. The zero-order valence-electron chi connectivity index (χ0n) is 13.9. The van der Waals surface area contributed by atoms with Crippen LogP contribution >= 0.6 is 0 Å². The highest BCUT2D eigenvalue weighted by Crippen LogP contribution is 2.27. The van der Waals surface area contributed by atoms with Crippen LogP contribution in [0.2, 0.25) is 0 Å². The molecule has 0 atom stereocenters. The molecular weight excluding hydrogens is 286 g/mol. The number of nitrogens with zero attached hydrogens (tertiary/aromatic N) is 1. The number of rotatable bonds is 1. The monoisotopic (exact) mass is 307 g/mol. The van der Waals surface area contributed by atoms with Gasteiger partial charge >= 0.3 is 0 Å². The van der Waals surface area contributed by atoms with E-state index in [1.165, 1.54) is 5.56 Å². The van der Waals surface area contributed by atoms with Crippen molar-refractivity contribution < 1.29 is 9.62 Å². The minimum atomic E-state index is 0.113. The quantitative estimate of drug-likeness (QED) is 0.508. The molecule has 0 amide bonds. The standard InChI is InChI=1S/C20H21NO2/c1-13-5-10-16-17(21-22)12-18(23-19(16)11-13)14-6-8-15(9-7-14)20(2,3)4/h5-12,22H,1-4H3. The van der Waals surface area contributed by atoms with Gasteiger partial charge in [-0.2, -0.15) is 0 Å². The van der Waals surface area contributed by atoms with Crippen molar-refractivity contribution in [3.05, 3.63) is 65.0 Å². The van der Waals surface area contributed by atoms with Crippen LogP contribution < -0.4 is 5.36 Å². The van der Waals surface area contributed by atoms with Crippen LogP contribution in [0.15, 0.2) is 58.1 Å². The Balaban J connectivity index is 2.16. The maximum Gasteiger partial charge on any atom is 0.137 e. The van der Waals surface area contributed by atoms with Gasteiger partial charge in [0.15, 0.2) is 0 Å². The van der Waals surface area contributed by atoms with Crippen LogP contribution in [-0.4, -0.2) is 5.21 Å². The molecule has 3 heteroatoms. The summed E-state index contributed by atoms with van der Waals surface area (Å²) in [7, 11) is 0. The molecule has 0 unspecified atom stereocenters. The van der Waals surface area contributed by atoms with Gasteiger partial charge in [-0.3, -0.25) is 0 Å². The molecule has 0 bridgehead atoms. The molecule has 0 aliphatic rings. The summed E-state index contributed by atoms with van der Waals surface area (Å²) in [5, 5.41) is 14.0. The zero-order valence-corrected chi connectivity index (χ0v) is 13.9. The van der Waals surface area contributed by atoms with Crippen molar-refractivity contribution in [2.45, 2.75) is 33.1 Å². The van der Waals surface area contributed by atoms with E-state index in [4.69, 9.17) is 4.42 Å². The number of aryl methyl sites for hydroxylation is 1. The molecular formula is C20H21NO2. The predicted octanol–water partition coefficient (Wildman–Crippen LogP) is 5.00. The van der Waals surface area contributed by atoms with E-state index in [1.54, 1.807) is 6.07 Å². The van der Waals surface area contributed by atoms with E-state index in [9.17, 15) is 5.21 Å². The van der Waals surface area contributed by atoms with E-state index >= 15 is 0 Å². The molecule has 0 saturated heterocycles. The molecule has 118 valence electrons. The Hall–Kier alpha value is -2.55. The molecule has 0 aliphatic carbocycles. The third-order valence-electron chi connectivity index (χ3n) is 4.04. The SMILES string of the molecule is Cc1ccc2c(=NO)cc(-c3ccc(C(C)(C)C)cc3)oc2c1. The van der Waals surface area contributed by atoms with Gasteiger partial charge in [0.1, 0.15) is 16.7 Å². The molecule has 1 heterocycles. The fourth-order valence-electron chi connectivity index (χ4n) is 2.63. The van der Waals surface area contributed by atoms with E-state index < -0.39 is 0 Å². The maximum absolute atomic E-state index is 9.31. The molecule has 23 heavy (non-hydrogen) atoms. The lowest BCUT2D eigenvalue weighted by Crippen LogP contribution is -2.10. The van der Waals surface area contributed by atoms with E-state index in [-0.39, 0.29) is 5.41 Å². The molecule has 0 saturated carbocycles. The van der Waals surface area contributed by atoms with Crippen LogP contribution in [0.5, 0.6) is 0 Å². The number of benzene rings is 2. The summed E-state index contributed by atoms with van der Waals surface area (Å²) in [5.74, 6) is 0.691. The van der Waals surface area contributed by atoms with Gasteiger partial charge in [-0.1, -0.05) is 56.3 Å². The Kier molecular flexibility index (Phi) is 3.72. The normalized spacial score (nSPS) is 12.8. The van der Waals surface area contributed by atoms with Crippen LogP contribution in [0, 0.1) is 6.92 Å². The summed E-state index contributed by atoms with van der Waals surface area (Å²) in [6.07, 6.45) is 0. The van der Waals surface area contributed by atoms with Crippen LogP contribution in [0.3, 0.4) is 0 Å². The van der Waals surface area contributed by atoms with Crippen molar-refractivity contribution >= 4 is 11.0 Å². The Labute approximate surface area is 135 Å². The van der Waals surface area contributed by atoms with Crippen molar-refractivity contribution in [1.82, 2.24) is 0 Å². The van der Waals surface area contributed by atoms with Gasteiger partial charge in [0.05, 0.1) is 0 Å². The first kappa shape index (κ1) is 15.3. The second-order valence-electron chi connectivity index (χ2n) is 6.92. The molecule has 3 nitrogen and oxygen atoms in total. The van der Waals surface area contributed by atoms with Crippen molar-refractivity contribution in [3.63, 3.8) is 0 Å². The zero-order chi connectivity index (χ0) is 16.6. The molecule has 0 spiro atoms. The Morgan fingerprint density at radius 3 is 2.26 bits per heavy atom. The predicted molar refractivity (Wildman–Crippen MR) is 92.4 cm³/mol. The molecule has 1 aromatic heterocycles. The molecule has 3 aromatic rings. The second-order valence-corrected chi connectivity index (χ2v) is 6.92. The van der Waals surface area contributed by atoms with Crippen molar-refractivity contribution in [2.75, 3.05) is 0 Å². The lowest BCUT2D eigenvalue weighted by molar-refractivity contribution is 0.302. The average Bonchev–Trinajstić information content (AvgIpc) is 2.52. The molecule has 0 radical (unpaired) electrons. The minimum Gasteiger partial charge on any atom is -0.456 e. The first-order chi connectivity index (χ1) is 10.9. The van der Waals surface area contributed by atoms with Crippen molar-refractivity contribution in [1.29, 1.82) is 0 Å². The number of fused-ring (bicyclic) bond motifs is 1. The van der Waals surface area contributed by atoms with Crippen LogP contribution in [0.1, 0.15) is 31.9 Å². The highest BCUT2D eigenvalue weighted by atomic mass is 16.4. The van der Waals surface area contributed by atoms with Gasteiger partial charge < -0.3 is 9.62 Å². The van der Waals surface area contributed by atoms with Gasteiger partial charge in [0.2, 0.25) is 0 Å². The third kappa shape index (κ3) is 3.00. The van der Waals surface area contributed by atoms with Crippen LogP contribution in [0.4, 0.5) is 0 Å². The highest BCUT2D eigenvalue weighted by Gasteiger charge is 2.14. The molecule has 3 rings (SSSR count). The van der Waals surface area contributed by atoms with E-state index in [2.05, 4.69) is 38.1 Å². The fraction of sp³-hybridized carbons (Fsp3) is 0.250. The Bertz CT molecular complexity index is 913. The van der Waals surface area contributed by atoms with Gasteiger partial charge in [0, 0.05) is 17.0 Å². The summed E-state index contributed by atoms with van der Waals surface area (Å²) in [4.78, 5) is 0. The van der Waals surface area contributed by atoms with Crippen LogP contribution in [0.25, 0.3) is 22.3 Å². The first-order valence-electron chi connectivity index (χ1n) is 7.72. The minimum absolute atomic E-state index is 0.113. The summed E-state index contributed by atoms with van der Waals surface area (Å²) in [6.45, 7) is 8.57. The molecule has 2 aromatic carbocycles. The topological polar surface area (TPSA) is 45.7 Å². The summed E-state index contributed by atoms with van der Waals surface area (Å²) in [6, 6.07) is 15.9. The largest absolute Gasteiger partial charge is 0.456 e. The third-order valence-corrected chi connectivity index (χ3v) is 4.04. The summed E-state index contributed by atoms with van der Waals surface area (Å²) >= 11 is 0. The van der Waals surface area contributed by atoms with Gasteiger partial charge in [-0.05, 0) is 35.6 Å². The number of hydrogen-bond donors (Lipinski definition) is 1. The molecule has 1 N–H and O–H groups in total. The highest BCUT2D eigenvalue weighted by molar-refractivity contribution is 5.79. The summed E-state index contributed by atoms with van der Waals surface area (Å²) in [5.41, 5.74) is 4.17. The molecule has 0 aliphatic heterocycles. The lowest BCUT2D eigenvalue weighted by atomic mass is 9.86. The number of hydrogen-bond acceptors (Lipinski definition) is 3. The van der Waals surface area contributed by atoms with Gasteiger partial charge in [-0.25, -0.2) is 0 Å². The second kappa shape index (κ2) is 5.58. The Morgan fingerprint density at radius 2 is 1.65 bits per heavy atom. The van der Waals surface area contributed by atoms with Gasteiger partial charge in [0.25, 0.3) is 0 Å². The molecule has 0 fully saturated rings. The summed E-state index contributed by atoms with van der Waals surface area (Å²) < 4.78 is 6.03. The lowest BCUT2D eigenvalue weighted by Gasteiger charge is -2.19. The maximum atomic E-state index is 9.31. The van der Waals surface area contributed by atoms with Crippen LogP contribution in [-0.2, 0) is 5.41 Å². The van der Waals surface area contributed by atoms with Crippen molar-refractivity contribution in [3.8, 4) is 11.3 Å². The smallest absolute Gasteiger partial charge is 0.137 e. The van der Waals surface area contributed by atoms with Gasteiger partial charge in [-0.15, -0.1) is 0 Å². The van der Waals surface area contributed by atoms with E-state index in [0.717, 1.165) is 22.1 Å².